The molecule has 1 saturated heterocycles. The molecule has 4 rings (SSSR count). The van der Waals surface area contributed by atoms with Crippen LogP contribution in [0.1, 0.15) is 43.5 Å². The van der Waals surface area contributed by atoms with Crippen molar-refractivity contribution in [1.29, 1.82) is 0 Å². The standard InChI is InChI=1S/C26H33N5O4/c1-5-19-15-23(28-25-24(19)18(4)29-31(25)21-9-7-17(3)8-10-21)35-16-22(32)27-20-11-13-30(14-12-20)26(33)34-6-2/h7-10,15,20H,5-6,11-14,16H2,1-4H3,(H,27,32). The number of likely N-dealkylation sites (tertiary alicyclic amines) is 1. The SMILES string of the molecule is CCOC(=O)N1CCC(NC(=O)COc2cc(CC)c3c(C)nn(-c4ccc(C)cc4)c3n2)CC1. The Kier molecular flexibility index (Phi) is 7.53. The van der Waals surface area contributed by atoms with Gasteiger partial charge in [0.25, 0.3) is 5.91 Å². The first-order chi connectivity index (χ1) is 16.9. The van der Waals surface area contributed by atoms with Crippen molar-refractivity contribution in [3.63, 3.8) is 0 Å². The molecule has 0 unspecified atom stereocenters. The zero-order chi connectivity index (χ0) is 24.9. The molecule has 1 N–H and O–H groups in total. The maximum absolute atomic E-state index is 12.6. The molecular formula is C26H33N5O4. The first-order valence-electron chi connectivity index (χ1n) is 12.2. The van der Waals surface area contributed by atoms with Crippen LogP contribution in [0.4, 0.5) is 4.79 Å². The third-order valence-electron chi connectivity index (χ3n) is 6.27. The van der Waals surface area contributed by atoms with Crippen LogP contribution in [0.25, 0.3) is 16.7 Å². The minimum Gasteiger partial charge on any atom is -0.468 e. The summed E-state index contributed by atoms with van der Waals surface area (Å²) in [7, 11) is 0. The Balaban J connectivity index is 1.43. The number of piperidine rings is 1. The molecule has 1 aromatic carbocycles. The molecule has 1 aliphatic heterocycles. The summed E-state index contributed by atoms with van der Waals surface area (Å²) >= 11 is 0. The van der Waals surface area contributed by atoms with Crippen LogP contribution in [0.15, 0.2) is 30.3 Å². The predicted octanol–water partition coefficient (Wildman–Crippen LogP) is 3.72. The molecule has 0 radical (unpaired) electrons. The van der Waals surface area contributed by atoms with Gasteiger partial charge in [-0.2, -0.15) is 10.1 Å². The van der Waals surface area contributed by atoms with Crippen LogP contribution in [0.5, 0.6) is 5.88 Å². The van der Waals surface area contributed by atoms with Crippen LogP contribution < -0.4 is 10.1 Å². The van der Waals surface area contributed by atoms with E-state index in [1.165, 1.54) is 5.56 Å². The van der Waals surface area contributed by atoms with Gasteiger partial charge in [-0.25, -0.2) is 9.48 Å². The van der Waals surface area contributed by atoms with Crippen molar-refractivity contribution in [3.8, 4) is 11.6 Å². The summed E-state index contributed by atoms with van der Waals surface area (Å²) in [6, 6.07) is 10.0. The third kappa shape index (κ3) is 5.55. The molecule has 1 fully saturated rings. The van der Waals surface area contributed by atoms with E-state index in [1.54, 1.807) is 11.8 Å². The average Bonchev–Trinajstić information content (AvgIpc) is 3.19. The first-order valence-corrected chi connectivity index (χ1v) is 12.2. The molecule has 1 aliphatic rings. The Labute approximate surface area is 205 Å². The van der Waals surface area contributed by atoms with E-state index in [4.69, 9.17) is 19.6 Å². The monoisotopic (exact) mass is 479 g/mol. The van der Waals surface area contributed by atoms with E-state index < -0.39 is 0 Å². The molecule has 186 valence electrons. The number of hydrogen-bond donors (Lipinski definition) is 1. The lowest BCUT2D eigenvalue weighted by atomic mass is 10.1. The fourth-order valence-corrected chi connectivity index (χ4v) is 4.40. The summed E-state index contributed by atoms with van der Waals surface area (Å²) in [6.45, 7) is 9.25. The highest BCUT2D eigenvalue weighted by atomic mass is 16.6. The van der Waals surface area contributed by atoms with Crippen LogP contribution in [0.3, 0.4) is 0 Å². The Hall–Kier alpha value is -3.62. The van der Waals surface area contributed by atoms with Crippen LogP contribution in [-0.4, -0.2) is 64.0 Å². The number of aryl methyl sites for hydroxylation is 3. The van der Waals surface area contributed by atoms with Gasteiger partial charge >= 0.3 is 6.09 Å². The zero-order valence-corrected chi connectivity index (χ0v) is 20.8. The van der Waals surface area contributed by atoms with E-state index in [2.05, 4.69) is 12.2 Å². The Bertz CT molecular complexity index is 1200. The molecular weight excluding hydrogens is 446 g/mol. The van der Waals surface area contributed by atoms with Crippen LogP contribution >= 0.6 is 0 Å². The number of fused-ring (bicyclic) bond motifs is 1. The lowest BCUT2D eigenvalue weighted by Crippen LogP contribution is -2.47. The van der Waals surface area contributed by atoms with Crippen molar-refractivity contribution < 1.29 is 19.1 Å². The van der Waals surface area contributed by atoms with Gasteiger partial charge in [-0.1, -0.05) is 24.6 Å². The number of aromatic nitrogens is 3. The fourth-order valence-electron chi connectivity index (χ4n) is 4.40. The number of ether oxygens (including phenoxy) is 2. The van der Waals surface area contributed by atoms with E-state index >= 15 is 0 Å². The van der Waals surface area contributed by atoms with E-state index in [1.807, 2.05) is 48.9 Å². The summed E-state index contributed by atoms with van der Waals surface area (Å²) in [6.07, 6.45) is 1.86. The van der Waals surface area contributed by atoms with E-state index in [0.29, 0.717) is 44.1 Å². The number of amides is 2. The summed E-state index contributed by atoms with van der Waals surface area (Å²) in [4.78, 5) is 30.8. The molecule has 3 aromatic rings. The number of nitrogens with zero attached hydrogens (tertiary/aromatic N) is 4. The smallest absolute Gasteiger partial charge is 0.409 e. The van der Waals surface area contributed by atoms with Crippen LogP contribution in [0, 0.1) is 13.8 Å². The van der Waals surface area contributed by atoms with Crippen molar-refractivity contribution >= 4 is 23.0 Å². The van der Waals surface area contributed by atoms with E-state index in [0.717, 1.165) is 28.8 Å². The first kappa shape index (κ1) is 24.5. The minimum absolute atomic E-state index is 0.00374. The second kappa shape index (κ2) is 10.8. The normalized spacial score (nSPS) is 14.2. The molecule has 35 heavy (non-hydrogen) atoms. The molecule has 0 spiro atoms. The topological polar surface area (TPSA) is 98.6 Å². The Morgan fingerprint density at radius 3 is 2.49 bits per heavy atom. The summed E-state index contributed by atoms with van der Waals surface area (Å²) in [5, 5.41) is 8.74. The number of hydrogen-bond acceptors (Lipinski definition) is 6. The van der Waals surface area contributed by atoms with Gasteiger partial charge in [0.05, 0.1) is 18.0 Å². The number of nitrogens with one attached hydrogen (secondary N) is 1. The number of benzene rings is 1. The Morgan fingerprint density at radius 2 is 1.83 bits per heavy atom. The second-order valence-corrected chi connectivity index (χ2v) is 8.82. The average molecular weight is 480 g/mol. The maximum atomic E-state index is 12.6. The lowest BCUT2D eigenvalue weighted by molar-refractivity contribution is -0.124. The number of carbonyl (C=O) groups excluding carboxylic acids is 2. The highest BCUT2D eigenvalue weighted by Crippen LogP contribution is 2.27. The highest BCUT2D eigenvalue weighted by Gasteiger charge is 2.25. The van der Waals surface area contributed by atoms with Gasteiger partial charge in [-0.15, -0.1) is 0 Å². The van der Waals surface area contributed by atoms with Crippen LogP contribution in [0.2, 0.25) is 0 Å². The van der Waals surface area contributed by atoms with Crippen LogP contribution in [-0.2, 0) is 16.0 Å². The maximum Gasteiger partial charge on any atom is 0.409 e. The second-order valence-electron chi connectivity index (χ2n) is 8.82. The van der Waals surface area contributed by atoms with Gasteiger partial charge in [-0.3, -0.25) is 4.79 Å². The predicted molar refractivity (Wildman–Crippen MR) is 133 cm³/mol. The molecule has 0 bridgehead atoms. The molecule has 0 aliphatic carbocycles. The van der Waals surface area contributed by atoms with E-state index in [-0.39, 0.29) is 24.6 Å². The lowest BCUT2D eigenvalue weighted by Gasteiger charge is -2.31. The fraction of sp³-hybridized carbons (Fsp3) is 0.462. The molecule has 2 amide bonds. The largest absolute Gasteiger partial charge is 0.468 e. The zero-order valence-electron chi connectivity index (χ0n) is 20.8. The molecule has 0 saturated carbocycles. The van der Waals surface area contributed by atoms with Gasteiger partial charge in [0, 0.05) is 30.6 Å². The van der Waals surface area contributed by atoms with Gasteiger partial charge in [0.1, 0.15) is 0 Å². The third-order valence-corrected chi connectivity index (χ3v) is 6.27. The van der Waals surface area contributed by atoms with Crippen molar-refractivity contribution in [2.24, 2.45) is 0 Å². The number of pyridine rings is 1. The molecule has 3 heterocycles. The van der Waals surface area contributed by atoms with Crippen molar-refractivity contribution in [2.75, 3.05) is 26.3 Å². The summed E-state index contributed by atoms with van der Waals surface area (Å²) in [5.41, 5.74) is 4.79. The highest BCUT2D eigenvalue weighted by molar-refractivity contribution is 5.84. The van der Waals surface area contributed by atoms with Gasteiger partial charge in [0.2, 0.25) is 5.88 Å². The van der Waals surface area contributed by atoms with Gasteiger partial charge < -0.3 is 19.7 Å². The van der Waals surface area contributed by atoms with E-state index in [9.17, 15) is 9.59 Å². The molecule has 0 atom stereocenters. The number of rotatable bonds is 7. The Morgan fingerprint density at radius 1 is 1.11 bits per heavy atom. The van der Waals surface area contributed by atoms with Crippen molar-refractivity contribution in [2.45, 2.75) is 53.0 Å². The molecule has 9 nitrogen and oxygen atoms in total. The minimum atomic E-state index is -0.297. The quantitative estimate of drug-likeness (QED) is 0.555. The van der Waals surface area contributed by atoms with Crippen molar-refractivity contribution in [1.82, 2.24) is 25.0 Å². The van der Waals surface area contributed by atoms with Gasteiger partial charge in [-0.05, 0) is 57.7 Å². The summed E-state index contributed by atoms with van der Waals surface area (Å²) in [5.74, 6) is 0.192. The number of carbonyl (C=O) groups is 2. The molecule has 2 aromatic heterocycles. The van der Waals surface area contributed by atoms with Gasteiger partial charge in [0.15, 0.2) is 12.3 Å². The molecule has 9 heteroatoms. The van der Waals surface area contributed by atoms with Crippen molar-refractivity contribution in [3.05, 3.63) is 47.2 Å². The summed E-state index contributed by atoms with van der Waals surface area (Å²) < 4.78 is 12.7.